The summed E-state index contributed by atoms with van der Waals surface area (Å²) in [7, 11) is 0. The van der Waals surface area contributed by atoms with Crippen LogP contribution in [0, 0.1) is 0 Å². The second kappa shape index (κ2) is 9.17. The van der Waals surface area contributed by atoms with Crippen LogP contribution in [0.5, 0.6) is 0 Å². The molecule has 0 aliphatic carbocycles. The largest absolute Gasteiger partial charge is 0.370 e. The van der Waals surface area contributed by atoms with Crippen molar-refractivity contribution in [3.63, 3.8) is 0 Å². The van der Waals surface area contributed by atoms with Crippen molar-refractivity contribution in [2.45, 2.75) is 13.1 Å². The van der Waals surface area contributed by atoms with Crippen LogP contribution >= 0.6 is 35.7 Å². The fourth-order valence-corrected chi connectivity index (χ4v) is 3.31. The van der Waals surface area contributed by atoms with Gasteiger partial charge in [0.05, 0.1) is 19.3 Å². The first-order chi connectivity index (χ1) is 10.8. The minimum Gasteiger partial charge on any atom is -0.370 e. The van der Waals surface area contributed by atoms with Gasteiger partial charge in [0.2, 0.25) is 0 Å². The van der Waals surface area contributed by atoms with Crippen molar-refractivity contribution in [3.8, 4) is 0 Å². The summed E-state index contributed by atoms with van der Waals surface area (Å²) in [5.74, 6) is 2.91. The number of rotatable bonds is 4. The van der Waals surface area contributed by atoms with Crippen molar-refractivity contribution in [1.82, 2.24) is 14.7 Å². The highest BCUT2D eigenvalue weighted by molar-refractivity contribution is 14.0. The summed E-state index contributed by atoms with van der Waals surface area (Å²) in [5, 5.41) is 4.39. The zero-order valence-corrected chi connectivity index (χ0v) is 16.1. The summed E-state index contributed by atoms with van der Waals surface area (Å²) in [5.41, 5.74) is 8.40. The van der Waals surface area contributed by atoms with E-state index >= 15 is 0 Å². The molecule has 5 nitrogen and oxygen atoms in total. The van der Waals surface area contributed by atoms with Crippen LogP contribution in [0.3, 0.4) is 0 Å². The van der Waals surface area contributed by atoms with Crippen molar-refractivity contribution in [3.05, 3.63) is 53.9 Å². The molecule has 2 heterocycles. The van der Waals surface area contributed by atoms with Crippen molar-refractivity contribution in [1.29, 1.82) is 0 Å². The van der Waals surface area contributed by atoms with Gasteiger partial charge in [-0.05, 0) is 5.56 Å². The molecule has 1 aliphatic heterocycles. The average molecular weight is 443 g/mol. The Bertz CT molecular complexity index is 622. The summed E-state index contributed by atoms with van der Waals surface area (Å²) >= 11 is 1.97. The van der Waals surface area contributed by atoms with Crippen LogP contribution in [-0.4, -0.2) is 45.2 Å². The first-order valence-electron chi connectivity index (χ1n) is 7.49. The highest BCUT2D eigenvalue weighted by Crippen LogP contribution is 2.09. The lowest BCUT2D eigenvalue weighted by Crippen LogP contribution is -2.42. The zero-order chi connectivity index (χ0) is 15.2. The Balaban J connectivity index is 0.00000192. The van der Waals surface area contributed by atoms with Gasteiger partial charge in [0.1, 0.15) is 0 Å². The van der Waals surface area contributed by atoms with Gasteiger partial charge < -0.3 is 10.6 Å². The molecule has 0 amide bonds. The molecule has 7 heteroatoms. The van der Waals surface area contributed by atoms with Gasteiger partial charge in [-0.3, -0.25) is 4.68 Å². The number of aromatic nitrogens is 2. The number of hydrogen-bond acceptors (Lipinski definition) is 3. The standard InChI is InChI=1S/C16H21N5S.HI/c17-16(20-6-8-22-9-7-20)18-10-15-11-19-21(13-15)12-14-4-2-1-3-5-14;/h1-5,11,13H,6-10,12H2,(H2,17,18);1H. The third kappa shape index (κ3) is 5.42. The van der Waals surface area contributed by atoms with Gasteiger partial charge in [0, 0.05) is 36.4 Å². The van der Waals surface area contributed by atoms with Gasteiger partial charge in [0.25, 0.3) is 0 Å². The van der Waals surface area contributed by atoms with E-state index in [1.807, 2.05) is 47.0 Å². The van der Waals surface area contributed by atoms with Crippen LogP contribution < -0.4 is 5.73 Å². The lowest BCUT2D eigenvalue weighted by molar-refractivity contribution is 0.455. The molecule has 0 bridgehead atoms. The fraction of sp³-hybridized carbons (Fsp3) is 0.375. The maximum absolute atomic E-state index is 6.07. The first-order valence-corrected chi connectivity index (χ1v) is 8.64. The Labute approximate surface area is 158 Å². The molecular formula is C16H22IN5S. The maximum Gasteiger partial charge on any atom is 0.191 e. The van der Waals surface area contributed by atoms with Gasteiger partial charge in [-0.15, -0.1) is 24.0 Å². The quantitative estimate of drug-likeness (QED) is 0.448. The number of aliphatic imine (C=N–C) groups is 1. The summed E-state index contributed by atoms with van der Waals surface area (Å²) in [6.45, 7) is 3.36. The summed E-state index contributed by atoms with van der Waals surface area (Å²) < 4.78 is 1.94. The molecule has 23 heavy (non-hydrogen) atoms. The second-order valence-corrected chi connectivity index (χ2v) is 6.53. The highest BCUT2D eigenvalue weighted by atomic mass is 127. The lowest BCUT2D eigenvalue weighted by atomic mass is 10.2. The van der Waals surface area contributed by atoms with Crippen molar-refractivity contribution in [2.75, 3.05) is 24.6 Å². The number of guanidine groups is 1. The predicted molar refractivity (Wildman–Crippen MR) is 107 cm³/mol. The van der Waals surface area contributed by atoms with Gasteiger partial charge in [-0.1, -0.05) is 30.3 Å². The van der Waals surface area contributed by atoms with E-state index in [0.717, 1.165) is 36.7 Å². The third-order valence-electron chi connectivity index (χ3n) is 3.63. The predicted octanol–water partition coefficient (Wildman–Crippen LogP) is 2.41. The van der Waals surface area contributed by atoms with Gasteiger partial charge in [0.15, 0.2) is 5.96 Å². The molecule has 124 valence electrons. The second-order valence-electron chi connectivity index (χ2n) is 5.31. The average Bonchev–Trinajstić information content (AvgIpc) is 3.02. The molecule has 0 spiro atoms. The van der Waals surface area contributed by atoms with Crippen LogP contribution in [-0.2, 0) is 13.1 Å². The van der Waals surface area contributed by atoms with Crippen LogP contribution in [0.15, 0.2) is 47.7 Å². The minimum absolute atomic E-state index is 0. The molecule has 1 aromatic carbocycles. The Morgan fingerprint density at radius 1 is 1.17 bits per heavy atom. The topological polar surface area (TPSA) is 59.4 Å². The van der Waals surface area contributed by atoms with E-state index < -0.39 is 0 Å². The van der Waals surface area contributed by atoms with E-state index in [-0.39, 0.29) is 24.0 Å². The van der Waals surface area contributed by atoms with Crippen LogP contribution in [0.25, 0.3) is 0 Å². The maximum atomic E-state index is 6.07. The summed E-state index contributed by atoms with van der Waals surface area (Å²) in [6.07, 6.45) is 3.90. The first kappa shape index (κ1) is 18.1. The smallest absolute Gasteiger partial charge is 0.191 e. The van der Waals surface area contributed by atoms with E-state index in [4.69, 9.17) is 5.73 Å². The monoisotopic (exact) mass is 443 g/mol. The Hall–Kier alpha value is -1.22. The molecule has 0 saturated carbocycles. The molecular weight excluding hydrogens is 421 g/mol. The zero-order valence-electron chi connectivity index (χ0n) is 13.0. The Morgan fingerprint density at radius 3 is 2.65 bits per heavy atom. The van der Waals surface area contributed by atoms with E-state index in [1.54, 1.807) is 0 Å². The number of halogens is 1. The summed E-state index contributed by atoms with van der Waals surface area (Å²) in [6, 6.07) is 10.3. The molecule has 1 aromatic heterocycles. The van der Waals surface area contributed by atoms with Crippen molar-refractivity contribution in [2.24, 2.45) is 10.7 Å². The fourth-order valence-electron chi connectivity index (χ4n) is 2.41. The highest BCUT2D eigenvalue weighted by Gasteiger charge is 2.12. The van der Waals surface area contributed by atoms with E-state index in [1.165, 1.54) is 5.56 Å². The molecule has 3 rings (SSSR count). The Morgan fingerprint density at radius 2 is 1.91 bits per heavy atom. The molecule has 0 radical (unpaired) electrons. The minimum atomic E-state index is 0. The number of nitrogens with zero attached hydrogens (tertiary/aromatic N) is 4. The number of hydrogen-bond donors (Lipinski definition) is 1. The summed E-state index contributed by atoms with van der Waals surface area (Å²) in [4.78, 5) is 6.65. The van der Waals surface area contributed by atoms with Crippen LogP contribution in [0.4, 0.5) is 0 Å². The Kier molecular flexibility index (Phi) is 7.22. The molecule has 0 atom stereocenters. The third-order valence-corrected chi connectivity index (χ3v) is 4.58. The molecule has 2 N–H and O–H groups in total. The molecule has 1 saturated heterocycles. The number of thioether (sulfide) groups is 1. The van der Waals surface area contributed by atoms with Crippen LogP contribution in [0.1, 0.15) is 11.1 Å². The molecule has 0 unspecified atom stereocenters. The lowest BCUT2D eigenvalue weighted by Gasteiger charge is -2.27. The number of benzene rings is 1. The van der Waals surface area contributed by atoms with Crippen molar-refractivity contribution >= 4 is 41.7 Å². The van der Waals surface area contributed by atoms with Crippen molar-refractivity contribution < 1.29 is 0 Å². The SMILES string of the molecule is I.NC(=NCc1cnn(Cc2ccccc2)c1)N1CCSCC1. The van der Waals surface area contributed by atoms with Gasteiger partial charge >= 0.3 is 0 Å². The molecule has 2 aromatic rings. The molecule has 1 aliphatic rings. The van der Waals surface area contributed by atoms with Gasteiger partial charge in [-0.2, -0.15) is 16.9 Å². The van der Waals surface area contributed by atoms with Crippen LogP contribution in [0.2, 0.25) is 0 Å². The van der Waals surface area contributed by atoms with Gasteiger partial charge in [-0.25, -0.2) is 4.99 Å². The van der Waals surface area contributed by atoms with E-state index in [0.29, 0.717) is 12.5 Å². The molecule has 1 fully saturated rings. The van der Waals surface area contributed by atoms with E-state index in [9.17, 15) is 0 Å². The number of nitrogens with two attached hydrogens (primary N) is 1. The normalized spacial score (nSPS) is 15.3. The van der Waals surface area contributed by atoms with E-state index in [2.05, 4.69) is 27.1 Å².